The van der Waals surface area contributed by atoms with Crippen LogP contribution in [0.3, 0.4) is 0 Å². The number of thiophene rings is 1. The van der Waals surface area contributed by atoms with Gasteiger partial charge in [0.15, 0.2) is 0 Å². The highest BCUT2D eigenvalue weighted by molar-refractivity contribution is 7.10. The number of rotatable bonds is 6. The number of carbonyl (C=O) groups excluding carboxylic acids is 1. The molecule has 0 atom stereocenters. The van der Waals surface area contributed by atoms with Gasteiger partial charge in [0.05, 0.1) is 12.1 Å². The van der Waals surface area contributed by atoms with Crippen LogP contribution in [0.25, 0.3) is 0 Å². The largest absolute Gasteiger partial charge is 0.434 e. The van der Waals surface area contributed by atoms with Crippen LogP contribution in [-0.4, -0.2) is 18.2 Å². The number of para-hydroxylation sites is 1. The summed E-state index contributed by atoms with van der Waals surface area (Å²) in [6.45, 7) is -1.30. The Kier molecular flexibility index (Phi) is 5.60. The van der Waals surface area contributed by atoms with Gasteiger partial charge in [0.25, 0.3) is 0 Å². The molecule has 0 spiro atoms. The Bertz CT molecular complexity index is 657. The van der Waals surface area contributed by atoms with Gasteiger partial charge < -0.3 is 4.74 Å². The monoisotopic (exact) mass is 324 g/mol. The van der Waals surface area contributed by atoms with E-state index in [-0.39, 0.29) is 18.1 Å². The maximum Gasteiger partial charge on any atom is 0.387 e. The molecule has 1 N–H and O–H groups in total. The maximum atomic E-state index is 12.4. The molecule has 4 nitrogen and oxygen atoms in total. The predicted molar refractivity (Wildman–Crippen MR) is 81.5 cm³/mol. The molecular formula is C15H14F2N2O2S. The zero-order chi connectivity index (χ0) is 15.9. The Morgan fingerprint density at radius 2 is 2.09 bits per heavy atom. The number of ether oxygens (including phenoxy) is 1. The Labute approximate surface area is 130 Å². The number of nitrogens with zero attached hydrogens (tertiary/aromatic N) is 1. The molecule has 1 aromatic carbocycles. The first-order valence-corrected chi connectivity index (χ1v) is 7.34. The molecule has 0 radical (unpaired) electrons. The molecule has 7 heteroatoms. The molecule has 0 bridgehead atoms. The first-order valence-electron chi connectivity index (χ1n) is 6.46. The number of alkyl halides is 2. The maximum absolute atomic E-state index is 12.4. The quantitative estimate of drug-likeness (QED) is 0.654. The van der Waals surface area contributed by atoms with E-state index in [0.717, 1.165) is 4.88 Å². The molecule has 116 valence electrons. The molecule has 0 aliphatic heterocycles. The van der Waals surface area contributed by atoms with Crippen molar-refractivity contribution in [3.8, 4) is 5.75 Å². The van der Waals surface area contributed by atoms with Crippen molar-refractivity contribution in [1.82, 2.24) is 5.43 Å². The summed E-state index contributed by atoms with van der Waals surface area (Å²) in [7, 11) is 0. The summed E-state index contributed by atoms with van der Waals surface area (Å²) in [5.41, 5.74) is 3.20. The van der Waals surface area contributed by atoms with E-state index in [1.165, 1.54) is 17.4 Å². The van der Waals surface area contributed by atoms with Crippen molar-refractivity contribution in [2.75, 3.05) is 0 Å². The topological polar surface area (TPSA) is 50.7 Å². The molecule has 0 fully saturated rings. The zero-order valence-electron chi connectivity index (χ0n) is 11.8. The number of nitrogens with one attached hydrogen (secondary N) is 1. The SMILES string of the molecule is C/C(=N/NC(=O)Cc1cccs1)c1ccccc1OC(F)F. The van der Waals surface area contributed by atoms with Crippen LogP contribution in [0.5, 0.6) is 5.75 Å². The van der Waals surface area contributed by atoms with Crippen molar-refractivity contribution in [1.29, 1.82) is 0 Å². The lowest BCUT2D eigenvalue weighted by atomic mass is 10.1. The lowest BCUT2D eigenvalue weighted by molar-refractivity contribution is -0.120. The van der Waals surface area contributed by atoms with Gasteiger partial charge in [-0.25, -0.2) is 5.43 Å². The number of benzene rings is 1. The number of hydrazone groups is 1. The fourth-order valence-electron chi connectivity index (χ4n) is 1.78. The standard InChI is InChI=1S/C15H14F2N2O2S/c1-10(12-6-2-3-7-13(12)21-15(16)17)18-19-14(20)9-11-5-4-8-22-11/h2-8,15H,9H2,1H3,(H,19,20)/b18-10-. The van der Waals surface area contributed by atoms with Crippen LogP contribution in [0, 0.1) is 0 Å². The molecule has 1 heterocycles. The number of carbonyl (C=O) groups is 1. The zero-order valence-corrected chi connectivity index (χ0v) is 12.6. The lowest BCUT2D eigenvalue weighted by Crippen LogP contribution is -2.21. The summed E-state index contributed by atoms with van der Waals surface area (Å²) in [5.74, 6) is -0.250. The number of hydrogen-bond acceptors (Lipinski definition) is 4. The molecule has 0 aliphatic carbocycles. The van der Waals surface area contributed by atoms with Gasteiger partial charge in [-0.05, 0) is 30.5 Å². The average molecular weight is 324 g/mol. The summed E-state index contributed by atoms with van der Waals surface area (Å²) in [6, 6.07) is 10.0. The third-order valence-electron chi connectivity index (χ3n) is 2.76. The summed E-state index contributed by atoms with van der Waals surface area (Å²) < 4.78 is 29.2. The Morgan fingerprint density at radius 3 is 2.77 bits per heavy atom. The van der Waals surface area contributed by atoms with Crippen LogP contribution in [-0.2, 0) is 11.2 Å². The molecule has 2 aromatic rings. The molecule has 0 unspecified atom stereocenters. The second-order valence-electron chi connectivity index (χ2n) is 4.36. The van der Waals surface area contributed by atoms with Crippen molar-refractivity contribution in [2.24, 2.45) is 5.10 Å². The van der Waals surface area contributed by atoms with Gasteiger partial charge in [0, 0.05) is 10.4 Å². The van der Waals surface area contributed by atoms with Crippen molar-refractivity contribution >= 4 is 23.0 Å². The molecule has 1 aromatic heterocycles. The molecule has 0 saturated heterocycles. The third kappa shape index (κ3) is 4.63. The highest BCUT2D eigenvalue weighted by atomic mass is 32.1. The minimum Gasteiger partial charge on any atom is -0.434 e. The average Bonchev–Trinajstić information content (AvgIpc) is 2.97. The highest BCUT2D eigenvalue weighted by Gasteiger charge is 2.11. The number of amides is 1. The normalized spacial score (nSPS) is 11.5. The second-order valence-corrected chi connectivity index (χ2v) is 5.40. The van der Waals surface area contributed by atoms with Crippen molar-refractivity contribution in [3.05, 3.63) is 52.2 Å². The minimum atomic E-state index is -2.91. The summed E-state index contributed by atoms with van der Waals surface area (Å²) in [5, 5.41) is 5.82. The summed E-state index contributed by atoms with van der Waals surface area (Å²) in [4.78, 5) is 12.7. The van der Waals surface area contributed by atoms with E-state index >= 15 is 0 Å². The fourth-order valence-corrected chi connectivity index (χ4v) is 2.49. The number of hydrogen-bond donors (Lipinski definition) is 1. The third-order valence-corrected chi connectivity index (χ3v) is 3.63. The second kappa shape index (κ2) is 7.65. The first-order chi connectivity index (χ1) is 10.6. The summed E-state index contributed by atoms with van der Waals surface area (Å²) in [6.07, 6.45) is 0.226. The van der Waals surface area contributed by atoms with Crippen molar-refractivity contribution < 1.29 is 18.3 Å². The number of halogens is 2. The van der Waals surface area contributed by atoms with E-state index < -0.39 is 6.61 Å². The van der Waals surface area contributed by atoms with E-state index in [0.29, 0.717) is 11.3 Å². The van der Waals surface area contributed by atoms with E-state index in [9.17, 15) is 13.6 Å². The van der Waals surface area contributed by atoms with Crippen LogP contribution in [0.4, 0.5) is 8.78 Å². The van der Waals surface area contributed by atoms with Gasteiger partial charge in [-0.15, -0.1) is 11.3 Å². The van der Waals surface area contributed by atoms with E-state index in [1.54, 1.807) is 25.1 Å². The van der Waals surface area contributed by atoms with E-state index in [4.69, 9.17) is 0 Å². The predicted octanol–water partition coefficient (Wildman–Crippen LogP) is 3.43. The van der Waals surface area contributed by atoms with E-state index in [1.807, 2.05) is 17.5 Å². The van der Waals surface area contributed by atoms with Crippen LogP contribution < -0.4 is 10.2 Å². The lowest BCUT2D eigenvalue weighted by Gasteiger charge is -2.10. The van der Waals surface area contributed by atoms with Gasteiger partial charge >= 0.3 is 6.61 Å². The molecule has 0 aliphatic rings. The molecule has 1 amide bonds. The molecular weight excluding hydrogens is 310 g/mol. The molecule has 0 saturated carbocycles. The van der Waals surface area contributed by atoms with Crippen LogP contribution in [0.1, 0.15) is 17.4 Å². The Morgan fingerprint density at radius 1 is 1.32 bits per heavy atom. The fraction of sp³-hybridized carbons (Fsp3) is 0.200. The van der Waals surface area contributed by atoms with Gasteiger partial charge in [0.1, 0.15) is 5.75 Å². The highest BCUT2D eigenvalue weighted by Crippen LogP contribution is 2.20. The van der Waals surface area contributed by atoms with Gasteiger partial charge in [-0.1, -0.05) is 18.2 Å². The Balaban J connectivity index is 2.04. The van der Waals surface area contributed by atoms with Crippen LogP contribution in [0.15, 0.2) is 46.9 Å². The van der Waals surface area contributed by atoms with Gasteiger partial charge in [0.2, 0.25) is 5.91 Å². The Hall–Kier alpha value is -2.28. The van der Waals surface area contributed by atoms with Crippen LogP contribution >= 0.6 is 11.3 Å². The van der Waals surface area contributed by atoms with Gasteiger partial charge in [-0.2, -0.15) is 13.9 Å². The first kappa shape index (κ1) is 16.1. The van der Waals surface area contributed by atoms with Crippen molar-refractivity contribution in [3.63, 3.8) is 0 Å². The van der Waals surface area contributed by atoms with Crippen molar-refractivity contribution in [2.45, 2.75) is 20.0 Å². The van der Waals surface area contributed by atoms with E-state index in [2.05, 4.69) is 15.3 Å². The summed E-state index contributed by atoms with van der Waals surface area (Å²) >= 11 is 1.48. The van der Waals surface area contributed by atoms with Crippen LogP contribution in [0.2, 0.25) is 0 Å². The molecule has 22 heavy (non-hydrogen) atoms. The minimum absolute atomic E-state index is 0.0197. The van der Waals surface area contributed by atoms with Gasteiger partial charge in [-0.3, -0.25) is 4.79 Å². The smallest absolute Gasteiger partial charge is 0.387 e. The molecule has 2 rings (SSSR count).